The molecule has 1 aromatic rings. The highest BCUT2D eigenvalue weighted by molar-refractivity contribution is 9.10. The fraction of sp³-hybridized carbons (Fsp3) is 0.364. The van der Waals surface area contributed by atoms with Crippen LogP contribution < -0.4 is 15.8 Å². The molecule has 0 bridgehead atoms. The summed E-state index contributed by atoms with van der Waals surface area (Å²) in [5.41, 5.74) is 5.75. The van der Waals surface area contributed by atoms with Crippen molar-refractivity contribution in [2.24, 2.45) is 5.73 Å². The summed E-state index contributed by atoms with van der Waals surface area (Å²) >= 11 is 3.24. The molecule has 0 aliphatic heterocycles. The maximum absolute atomic E-state index is 10.3. The molecule has 100 valence electrons. The van der Waals surface area contributed by atoms with Gasteiger partial charge in [-0.15, -0.1) is 0 Å². The van der Waals surface area contributed by atoms with Crippen molar-refractivity contribution in [3.05, 3.63) is 22.2 Å². The summed E-state index contributed by atoms with van der Waals surface area (Å²) in [7, 11) is 1.49. The van der Waals surface area contributed by atoms with Crippen molar-refractivity contribution in [1.82, 2.24) is 5.32 Å². The first-order valence-electron chi connectivity index (χ1n) is 5.23. The number of halogens is 1. The van der Waals surface area contributed by atoms with E-state index in [1.54, 1.807) is 12.1 Å². The molecule has 0 spiro atoms. The molecule has 6 nitrogen and oxygen atoms in total. The molecule has 7 heteroatoms. The number of ether oxygens (including phenoxy) is 2. The van der Waals surface area contributed by atoms with Gasteiger partial charge in [0.15, 0.2) is 11.5 Å². The van der Waals surface area contributed by atoms with Gasteiger partial charge in [0.1, 0.15) is 6.61 Å². The summed E-state index contributed by atoms with van der Waals surface area (Å²) in [5, 5.41) is 12.7. The average molecular weight is 319 g/mol. The summed E-state index contributed by atoms with van der Waals surface area (Å²) in [6.45, 7) is 1.26. The Morgan fingerprint density at radius 3 is 2.89 bits per heavy atom. The molecule has 0 aliphatic carbocycles. The molecule has 0 saturated heterocycles. The number of benzene rings is 1. The summed E-state index contributed by atoms with van der Waals surface area (Å²) in [6.07, 6.45) is -0.786. The number of carbonyl (C=O) groups is 1. The second-order valence-corrected chi connectivity index (χ2v) is 4.33. The summed E-state index contributed by atoms with van der Waals surface area (Å²) < 4.78 is 10.2. The predicted molar refractivity (Wildman–Crippen MR) is 69.6 cm³/mol. The number of aromatic hydroxyl groups is 1. The van der Waals surface area contributed by atoms with Crippen molar-refractivity contribution in [2.75, 3.05) is 20.3 Å². The molecule has 1 amide bonds. The Bertz CT molecular complexity index is 426. The molecule has 1 aromatic carbocycles. The number of primary amides is 1. The fourth-order valence-electron chi connectivity index (χ4n) is 1.34. The number of rotatable bonds is 6. The Morgan fingerprint density at radius 2 is 2.28 bits per heavy atom. The van der Waals surface area contributed by atoms with Gasteiger partial charge >= 0.3 is 6.09 Å². The molecule has 1 rings (SSSR count). The van der Waals surface area contributed by atoms with Crippen LogP contribution in [0.3, 0.4) is 0 Å². The van der Waals surface area contributed by atoms with E-state index in [1.807, 2.05) is 0 Å². The van der Waals surface area contributed by atoms with Crippen molar-refractivity contribution in [3.8, 4) is 11.5 Å². The second kappa shape index (κ2) is 7.07. The second-order valence-electron chi connectivity index (χ2n) is 3.47. The Kier molecular flexibility index (Phi) is 5.73. The van der Waals surface area contributed by atoms with Crippen LogP contribution in [-0.2, 0) is 11.3 Å². The van der Waals surface area contributed by atoms with E-state index in [4.69, 9.17) is 10.5 Å². The predicted octanol–water partition coefficient (Wildman–Crippen LogP) is 1.35. The molecule has 0 aromatic heterocycles. The minimum Gasteiger partial charge on any atom is -0.503 e. The van der Waals surface area contributed by atoms with E-state index in [-0.39, 0.29) is 12.4 Å². The zero-order valence-electron chi connectivity index (χ0n) is 9.90. The summed E-state index contributed by atoms with van der Waals surface area (Å²) in [4.78, 5) is 10.3. The Morgan fingerprint density at radius 1 is 1.56 bits per heavy atom. The third kappa shape index (κ3) is 4.42. The van der Waals surface area contributed by atoms with Gasteiger partial charge in [-0.25, -0.2) is 4.79 Å². The Balaban J connectivity index is 2.47. The van der Waals surface area contributed by atoms with E-state index in [1.165, 1.54) is 7.11 Å². The third-order valence-electron chi connectivity index (χ3n) is 2.16. The highest BCUT2D eigenvalue weighted by atomic mass is 79.9. The monoisotopic (exact) mass is 318 g/mol. The maximum Gasteiger partial charge on any atom is 0.404 e. The molecule has 0 radical (unpaired) electrons. The smallest absolute Gasteiger partial charge is 0.404 e. The standard InChI is InChI=1S/C11H15BrN2O4/c1-17-9-5-7(4-8(12)10(9)15)6-14-2-3-18-11(13)16/h4-5,14-15H,2-3,6H2,1H3,(H2,13,16). The lowest BCUT2D eigenvalue weighted by molar-refractivity contribution is 0.157. The van der Waals surface area contributed by atoms with Crippen molar-refractivity contribution < 1.29 is 19.4 Å². The number of nitrogens with one attached hydrogen (secondary N) is 1. The summed E-state index contributed by atoms with van der Waals surface area (Å²) in [5.74, 6) is 0.466. The van der Waals surface area contributed by atoms with Crippen LogP contribution in [0.2, 0.25) is 0 Å². The number of nitrogens with two attached hydrogens (primary N) is 1. The number of carbonyl (C=O) groups excluding carboxylic acids is 1. The molecule has 0 saturated carbocycles. The number of methoxy groups -OCH3 is 1. The minimum absolute atomic E-state index is 0.0679. The molecule has 0 heterocycles. The van der Waals surface area contributed by atoms with Gasteiger partial charge in [0.2, 0.25) is 0 Å². The molecule has 0 atom stereocenters. The van der Waals surface area contributed by atoms with Gasteiger partial charge in [-0.05, 0) is 33.6 Å². The zero-order chi connectivity index (χ0) is 13.5. The molecular weight excluding hydrogens is 304 g/mol. The van der Waals surface area contributed by atoms with Crippen LogP contribution in [0.5, 0.6) is 11.5 Å². The van der Waals surface area contributed by atoms with Crippen molar-refractivity contribution >= 4 is 22.0 Å². The van der Waals surface area contributed by atoms with Crippen molar-refractivity contribution in [2.45, 2.75) is 6.54 Å². The van der Waals surface area contributed by atoms with Crippen LogP contribution in [0.4, 0.5) is 4.79 Å². The van der Waals surface area contributed by atoms with E-state index in [9.17, 15) is 9.90 Å². The van der Waals surface area contributed by atoms with Crippen LogP contribution in [-0.4, -0.2) is 31.5 Å². The maximum atomic E-state index is 10.3. The topological polar surface area (TPSA) is 93.8 Å². The van der Waals surface area contributed by atoms with E-state index in [0.717, 1.165) is 5.56 Å². The van der Waals surface area contributed by atoms with Gasteiger partial charge in [-0.1, -0.05) is 0 Å². The van der Waals surface area contributed by atoms with E-state index >= 15 is 0 Å². The molecular formula is C11H15BrN2O4. The Labute approximate surface area is 113 Å². The van der Waals surface area contributed by atoms with Crippen LogP contribution >= 0.6 is 15.9 Å². The lowest BCUT2D eigenvalue weighted by Gasteiger charge is -2.09. The molecule has 0 aliphatic rings. The van der Waals surface area contributed by atoms with Crippen LogP contribution in [0, 0.1) is 0 Å². The van der Waals surface area contributed by atoms with Gasteiger partial charge in [-0.2, -0.15) is 0 Å². The van der Waals surface area contributed by atoms with E-state index in [0.29, 0.717) is 23.3 Å². The SMILES string of the molecule is COc1cc(CNCCOC(N)=O)cc(Br)c1O. The Hall–Kier alpha value is -1.47. The van der Waals surface area contributed by atoms with Crippen molar-refractivity contribution in [3.63, 3.8) is 0 Å². The van der Waals surface area contributed by atoms with Crippen LogP contribution in [0.25, 0.3) is 0 Å². The number of hydrogen-bond acceptors (Lipinski definition) is 5. The number of phenolic OH excluding ortho intramolecular Hbond substituents is 1. The number of hydrogen-bond donors (Lipinski definition) is 3. The first-order chi connectivity index (χ1) is 8.54. The molecule has 4 N–H and O–H groups in total. The zero-order valence-corrected chi connectivity index (χ0v) is 11.5. The average Bonchev–Trinajstić information content (AvgIpc) is 2.32. The fourth-order valence-corrected chi connectivity index (χ4v) is 1.83. The lowest BCUT2D eigenvalue weighted by atomic mass is 10.2. The quantitative estimate of drug-likeness (QED) is 0.688. The van der Waals surface area contributed by atoms with Crippen molar-refractivity contribution in [1.29, 1.82) is 0 Å². The third-order valence-corrected chi connectivity index (χ3v) is 2.76. The first kappa shape index (κ1) is 14.6. The van der Waals surface area contributed by atoms with Crippen LogP contribution in [0.15, 0.2) is 16.6 Å². The van der Waals surface area contributed by atoms with Gasteiger partial charge in [0.25, 0.3) is 0 Å². The summed E-state index contributed by atoms with van der Waals surface area (Å²) in [6, 6.07) is 3.50. The largest absolute Gasteiger partial charge is 0.503 e. The van der Waals surface area contributed by atoms with Gasteiger partial charge in [-0.3, -0.25) is 0 Å². The lowest BCUT2D eigenvalue weighted by Crippen LogP contribution is -2.23. The number of phenols is 1. The van der Waals surface area contributed by atoms with Crippen LogP contribution in [0.1, 0.15) is 5.56 Å². The number of amides is 1. The van der Waals surface area contributed by atoms with E-state index < -0.39 is 6.09 Å². The highest BCUT2D eigenvalue weighted by Gasteiger charge is 2.08. The van der Waals surface area contributed by atoms with E-state index in [2.05, 4.69) is 26.0 Å². The van der Waals surface area contributed by atoms with Gasteiger partial charge in [0, 0.05) is 13.1 Å². The van der Waals surface area contributed by atoms with Gasteiger partial charge in [0.05, 0.1) is 11.6 Å². The normalized spacial score (nSPS) is 10.1. The molecule has 0 unspecified atom stereocenters. The van der Waals surface area contributed by atoms with Gasteiger partial charge < -0.3 is 25.6 Å². The first-order valence-corrected chi connectivity index (χ1v) is 6.02. The molecule has 18 heavy (non-hydrogen) atoms. The minimum atomic E-state index is -0.786. The molecule has 0 fully saturated rings. The highest BCUT2D eigenvalue weighted by Crippen LogP contribution is 2.35.